The number of para-hydroxylation sites is 2. The summed E-state index contributed by atoms with van der Waals surface area (Å²) in [7, 11) is 0.269. The zero-order valence-electron chi connectivity index (χ0n) is 17.5. The second-order valence-corrected chi connectivity index (χ2v) is 8.44. The molecule has 0 saturated heterocycles. The van der Waals surface area contributed by atoms with E-state index in [9.17, 15) is 13.2 Å². The van der Waals surface area contributed by atoms with Crippen LogP contribution in [0.15, 0.2) is 41.3 Å². The number of sulfonamides is 1. The van der Waals surface area contributed by atoms with E-state index in [0.717, 1.165) is 4.31 Å². The standard InChI is InChI=1S/C21H24N2O6S/c1-6-29-17-10-8-7-9-15(17)22-21(24)20-13(2)14-11-18(27-4)19(28-5)12-16(14)23(3)30(20,25)26/h7-12H,6H2,1-5H3,(H,22,24). The highest BCUT2D eigenvalue weighted by molar-refractivity contribution is 7.97. The molecule has 8 nitrogen and oxygen atoms in total. The maximum absolute atomic E-state index is 13.2. The Labute approximate surface area is 176 Å². The molecule has 1 N–H and O–H groups in total. The Balaban J connectivity index is 2.13. The van der Waals surface area contributed by atoms with Crippen molar-refractivity contribution >= 4 is 32.9 Å². The molecule has 1 heterocycles. The van der Waals surface area contributed by atoms with E-state index in [0.29, 0.717) is 46.4 Å². The van der Waals surface area contributed by atoms with Crippen molar-refractivity contribution in [3.8, 4) is 17.2 Å². The van der Waals surface area contributed by atoms with Crippen molar-refractivity contribution in [3.05, 3.63) is 46.9 Å². The van der Waals surface area contributed by atoms with Crippen molar-refractivity contribution in [3.63, 3.8) is 0 Å². The van der Waals surface area contributed by atoms with Crippen LogP contribution in [-0.4, -0.2) is 42.2 Å². The van der Waals surface area contributed by atoms with E-state index in [2.05, 4.69) is 5.32 Å². The molecule has 0 radical (unpaired) electrons. The first-order valence-electron chi connectivity index (χ1n) is 9.25. The summed E-state index contributed by atoms with van der Waals surface area (Å²) < 4.78 is 43.6. The number of hydrogen-bond donors (Lipinski definition) is 1. The summed E-state index contributed by atoms with van der Waals surface area (Å²) in [5, 5.41) is 2.67. The van der Waals surface area contributed by atoms with E-state index in [1.807, 2.05) is 6.92 Å². The molecule has 1 aliphatic rings. The van der Waals surface area contributed by atoms with Gasteiger partial charge in [-0.15, -0.1) is 0 Å². The van der Waals surface area contributed by atoms with Crippen molar-refractivity contribution in [2.45, 2.75) is 13.8 Å². The van der Waals surface area contributed by atoms with Crippen LogP contribution in [0.2, 0.25) is 0 Å². The van der Waals surface area contributed by atoms with Gasteiger partial charge < -0.3 is 19.5 Å². The molecular weight excluding hydrogens is 408 g/mol. The quantitative estimate of drug-likeness (QED) is 0.753. The van der Waals surface area contributed by atoms with Crippen molar-refractivity contribution in [1.29, 1.82) is 0 Å². The normalized spacial score (nSPS) is 14.8. The number of nitrogens with zero attached hydrogens (tertiary/aromatic N) is 1. The monoisotopic (exact) mass is 432 g/mol. The van der Waals surface area contributed by atoms with Gasteiger partial charge in [0.15, 0.2) is 16.4 Å². The molecule has 30 heavy (non-hydrogen) atoms. The van der Waals surface area contributed by atoms with Gasteiger partial charge in [-0.25, -0.2) is 8.42 Å². The number of allylic oxidation sites excluding steroid dienone is 1. The number of rotatable bonds is 6. The summed E-state index contributed by atoms with van der Waals surface area (Å²) in [5.41, 5.74) is 1.67. The van der Waals surface area contributed by atoms with Crippen LogP contribution >= 0.6 is 0 Å². The second-order valence-electron chi connectivity index (χ2n) is 6.53. The lowest BCUT2D eigenvalue weighted by Crippen LogP contribution is -2.36. The van der Waals surface area contributed by atoms with E-state index in [1.54, 1.807) is 43.3 Å². The van der Waals surface area contributed by atoms with E-state index < -0.39 is 15.9 Å². The smallest absolute Gasteiger partial charge is 0.269 e. The molecule has 2 aromatic rings. The highest BCUT2D eigenvalue weighted by Gasteiger charge is 2.38. The Hall–Kier alpha value is -3.20. The molecule has 0 aliphatic carbocycles. The fraction of sp³-hybridized carbons (Fsp3) is 0.286. The summed E-state index contributed by atoms with van der Waals surface area (Å²) >= 11 is 0. The lowest BCUT2D eigenvalue weighted by Gasteiger charge is -2.30. The van der Waals surface area contributed by atoms with Gasteiger partial charge in [0.1, 0.15) is 5.75 Å². The zero-order valence-corrected chi connectivity index (χ0v) is 18.3. The number of fused-ring (bicyclic) bond motifs is 1. The van der Waals surface area contributed by atoms with Gasteiger partial charge in [0.25, 0.3) is 15.9 Å². The number of benzene rings is 2. The van der Waals surface area contributed by atoms with Crippen LogP contribution in [-0.2, 0) is 14.8 Å². The third-order valence-electron chi connectivity index (χ3n) is 4.85. The molecule has 3 rings (SSSR count). The van der Waals surface area contributed by atoms with Gasteiger partial charge in [-0.3, -0.25) is 9.10 Å². The van der Waals surface area contributed by atoms with Crippen LogP contribution in [0, 0.1) is 0 Å². The van der Waals surface area contributed by atoms with Crippen LogP contribution in [0.25, 0.3) is 5.57 Å². The third-order valence-corrected chi connectivity index (χ3v) is 6.77. The lowest BCUT2D eigenvalue weighted by molar-refractivity contribution is -0.112. The number of ether oxygens (including phenoxy) is 3. The van der Waals surface area contributed by atoms with E-state index in [-0.39, 0.29) is 4.91 Å². The molecule has 1 aliphatic heterocycles. The first-order chi connectivity index (χ1) is 14.3. The molecule has 0 spiro atoms. The number of methoxy groups -OCH3 is 2. The van der Waals surface area contributed by atoms with E-state index in [1.165, 1.54) is 21.3 Å². The Morgan fingerprint density at radius 2 is 1.70 bits per heavy atom. The summed E-state index contributed by atoms with van der Waals surface area (Å²) in [4.78, 5) is 12.8. The van der Waals surface area contributed by atoms with Crippen LogP contribution in [0.1, 0.15) is 19.4 Å². The van der Waals surface area contributed by atoms with E-state index in [4.69, 9.17) is 14.2 Å². The fourth-order valence-electron chi connectivity index (χ4n) is 3.33. The Bertz CT molecular complexity index is 1120. The molecule has 0 unspecified atom stereocenters. The van der Waals surface area contributed by atoms with Gasteiger partial charge in [-0.05, 0) is 37.6 Å². The molecule has 2 aromatic carbocycles. The van der Waals surface area contributed by atoms with Crippen LogP contribution in [0.4, 0.5) is 11.4 Å². The minimum Gasteiger partial charge on any atom is -0.493 e. The van der Waals surface area contributed by atoms with Gasteiger partial charge in [0.05, 0.1) is 32.2 Å². The number of anilines is 2. The Morgan fingerprint density at radius 3 is 2.33 bits per heavy atom. The van der Waals surface area contributed by atoms with Gasteiger partial charge in [-0.1, -0.05) is 12.1 Å². The van der Waals surface area contributed by atoms with Gasteiger partial charge in [0.2, 0.25) is 0 Å². The Kier molecular flexibility index (Phi) is 5.93. The molecule has 0 fully saturated rings. The predicted molar refractivity (Wildman–Crippen MR) is 116 cm³/mol. The molecule has 0 atom stereocenters. The lowest BCUT2D eigenvalue weighted by atomic mass is 10.0. The van der Waals surface area contributed by atoms with Crippen LogP contribution in [0.3, 0.4) is 0 Å². The van der Waals surface area contributed by atoms with Gasteiger partial charge in [0, 0.05) is 18.7 Å². The molecule has 9 heteroatoms. The van der Waals surface area contributed by atoms with Crippen molar-refractivity contribution in [2.75, 3.05) is 37.5 Å². The number of carbonyl (C=O) groups is 1. The average molecular weight is 432 g/mol. The SMILES string of the molecule is CCOc1ccccc1NC(=O)C1=C(C)c2cc(OC)c(OC)cc2N(C)S1(=O)=O. The minimum atomic E-state index is -4.09. The third kappa shape index (κ3) is 3.56. The highest BCUT2D eigenvalue weighted by Crippen LogP contribution is 2.44. The summed E-state index contributed by atoms with van der Waals surface area (Å²) in [6.45, 7) is 3.83. The molecule has 1 amide bonds. The predicted octanol–water partition coefficient (Wildman–Crippen LogP) is 3.25. The van der Waals surface area contributed by atoms with Crippen molar-refractivity contribution in [2.24, 2.45) is 0 Å². The van der Waals surface area contributed by atoms with Gasteiger partial charge in [-0.2, -0.15) is 0 Å². The van der Waals surface area contributed by atoms with Crippen molar-refractivity contribution < 1.29 is 27.4 Å². The number of carbonyl (C=O) groups excluding carboxylic acids is 1. The fourth-order valence-corrected chi connectivity index (χ4v) is 4.80. The average Bonchev–Trinajstić information content (AvgIpc) is 2.72. The number of amides is 1. The first-order valence-corrected chi connectivity index (χ1v) is 10.7. The first kappa shape index (κ1) is 21.5. The number of hydrogen-bond acceptors (Lipinski definition) is 6. The maximum Gasteiger partial charge on any atom is 0.269 e. The maximum atomic E-state index is 13.2. The molecule has 0 saturated carbocycles. The second kappa shape index (κ2) is 8.27. The van der Waals surface area contributed by atoms with Crippen LogP contribution in [0.5, 0.6) is 17.2 Å². The zero-order chi connectivity index (χ0) is 22.1. The summed E-state index contributed by atoms with van der Waals surface area (Å²) in [5.74, 6) is 0.543. The van der Waals surface area contributed by atoms with Crippen molar-refractivity contribution in [1.82, 2.24) is 0 Å². The summed E-state index contributed by atoms with van der Waals surface area (Å²) in [6, 6.07) is 10.1. The molecule has 0 aromatic heterocycles. The van der Waals surface area contributed by atoms with Gasteiger partial charge >= 0.3 is 0 Å². The van der Waals surface area contributed by atoms with Crippen LogP contribution < -0.4 is 23.8 Å². The van der Waals surface area contributed by atoms with E-state index >= 15 is 0 Å². The minimum absolute atomic E-state index is 0.315. The Morgan fingerprint density at radius 1 is 1.07 bits per heavy atom. The molecular formula is C21H24N2O6S. The summed E-state index contributed by atoms with van der Waals surface area (Å²) in [6.07, 6.45) is 0. The topological polar surface area (TPSA) is 94.2 Å². The largest absolute Gasteiger partial charge is 0.493 e. The molecule has 0 bridgehead atoms. The highest BCUT2D eigenvalue weighted by atomic mass is 32.2. The molecule has 160 valence electrons. The number of nitrogens with one attached hydrogen (secondary N) is 1.